The first-order valence-corrected chi connectivity index (χ1v) is 8.19. The molecule has 2 atom stereocenters. The second-order valence-electron chi connectivity index (χ2n) is 5.61. The van der Waals surface area contributed by atoms with Crippen LogP contribution in [0.3, 0.4) is 0 Å². The zero-order valence-corrected chi connectivity index (χ0v) is 13.8. The van der Waals surface area contributed by atoms with Gasteiger partial charge < -0.3 is 11.1 Å². The Kier molecular flexibility index (Phi) is 8.40. The van der Waals surface area contributed by atoms with E-state index in [1.807, 2.05) is 31.2 Å². The molecule has 0 bridgehead atoms. The summed E-state index contributed by atoms with van der Waals surface area (Å²) in [5.74, 6) is 0.660. The molecule has 3 N–H and O–H groups in total. The summed E-state index contributed by atoms with van der Waals surface area (Å²) in [7, 11) is 0. The number of hydrogen-bond donors (Lipinski definition) is 2. The van der Waals surface area contributed by atoms with E-state index in [0.717, 1.165) is 31.2 Å². The summed E-state index contributed by atoms with van der Waals surface area (Å²) in [4.78, 5) is 12.0. The Bertz CT molecular complexity index is 431. The van der Waals surface area contributed by atoms with Crippen molar-refractivity contribution in [3.8, 4) is 0 Å². The molecule has 0 aliphatic heterocycles. The van der Waals surface area contributed by atoms with Gasteiger partial charge in [0.15, 0.2) is 0 Å². The van der Waals surface area contributed by atoms with Crippen LogP contribution in [0.5, 0.6) is 0 Å². The molecular formula is C17H27ClN2O. The number of halogens is 1. The van der Waals surface area contributed by atoms with E-state index in [4.69, 9.17) is 17.3 Å². The van der Waals surface area contributed by atoms with Crippen LogP contribution in [0.4, 0.5) is 0 Å². The Hall–Kier alpha value is -1.06. The quantitative estimate of drug-likeness (QED) is 0.722. The number of rotatable bonds is 9. The summed E-state index contributed by atoms with van der Waals surface area (Å²) >= 11 is 5.97. The molecule has 0 saturated heterocycles. The van der Waals surface area contributed by atoms with Crippen LogP contribution < -0.4 is 11.1 Å². The van der Waals surface area contributed by atoms with Crippen molar-refractivity contribution in [2.45, 2.75) is 52.0 Å². The molecule has 1 aromatic carbocycles. The second kappa shape index (κ2) is 9.80. The molecule has 0 radical (unpaired) electrons. The minimum absolute atomic E-state index is 0.0182. The number of nitrogens with one attached hydrogen (secondary N) is 1. The summed E-state index contributed by atoms with van der Waals surface area (Å²) in [5.41, 5.74) is 6.65. The van der Waals surface area contributed by atoms with Crippen LogP contribution in [0, 0.1) is 5.92 Å². The van der Waals surface area contributed by atoms with Gasteiger partial charge in [0.05, 0.1) is 6.04 Å². The normalized spacial score (nSPS) is 13.7. The molecule has 3 nitrogen and oxygen atoms in total. The Balaban J connectivity index is 2.42. The minimum Gasteiger partial charge on any atom is -0.350 e. The molecule has 1 rings (SSSR count). The number of nitrogens with two attached hydrogens (primary N) is 1. The van der Waals surface area contributed by atoms with Crippen LogP contribution >= 0.6 is 11.6 Å². The minimum atomic E-state index is -0.0182. The van der Waals surface area contributed by atoms with Crippen LogP contribution in [-0.2, 0) is 4.79 Å². The third kappa shape index (κ3) is 6.96. The van der Waals surface area contributed by atoms with Gasteiger partial charge in [0.25, 0.3) is 0 Å². The van der Waals surface area contributed by atoms with Crippen LogP contribution in [0.2, 0.25) is 5.02 Å². The van der Waals surface area contributed by atoms with Gasteiger partial charge in [0.1, 0.15) is 0 Å². The van der Waals surface area contributed by atoms with Gasteiger partial charge in [-0.3, -0.25) is 4.79 Å². The first-order chi connectivity index (χ1) is 10.1. The van der Waals surface area contributed by atoms with Gasteiger partial charge in [0, 0.05) is 11.4 Å². The zero-order valence-electron chi connectivity index (χ0n) is 13.1. The molecule has 0 aliphatic rings. The monoisotopic (exact) mass is 310 g/mol. The molecule has 4 heteroatoms. The SMILES string of the molecule is CCCC(CCN)CCC(=O)NC(C)c1cccc(Cl)c1. The van der Waals surface area contributed by atoms with Crippen molar-refractivity contribution in [3.63, 3.8) is 0 Å². The summed E-state index contributed by atoms with van der Waals surface area (Å²) in [6, 6.07) is 7.59. The molecule has 0 aromatic heterocycles. The highest BCUT2D eigenvalue weighted by Crippen LogP contribution is 2.19. The van der Waals surface area contributed by atoms with Gasteiger partial charge in [-0.05, 0) is 49.9 Å². The summed E-state index contributed by atoms with van der Waals surface area (Å²) in [5, 5.41) is 3.73. The maximum atomic E-state index is 12.0. The van der Waals surface area contributed by atoms with Crippen molar-refractivity contribution < 1.29 is 4.79 Å². The van der Waals surface area contributed by atoms with E-state index in [1.54, 1.807) is 0 Å². The Labute approximate surface area is 133 Å². The van der Waals surface area contributed by atoms with Gasteiger partial charge >= 0.3 is 0 Å². The topological polar surface area (TPSA) is 55.1 Å². The highest BCUT2D eigenvalue weighted by Gasteiger charge is 2.13. The first-order valence-electron chi connectivity index (χ1n) is 7.81. The fourth-order valence-corrected chi connectivity index (χ4v) is 2.78. The molecule has 2 unspecified atom stereocenters. The maximum absolute atomic E-state index is 12.0. The highest BCUT2D eigenvalue weighted by molar-refractivity contribution is 6.30. The average molecular weight is 311 g/mol. The predicted octanol–water partition coefficient (Wildman–Crippen LogP) is 4.06. The van der Waals surface area contributed by atoms with E-state index in [0.29, 0.717) is 23.9 Å². The van der Waals surface area contributed by atoms with E-state index in [9.17, 15) is 4.79 Å². The van der Waals surface area contributed by atoms with Crippen LogP contribution in [0.15, 0.2) is 24.3 Å². The van der Waals surface area contributed by atoms with Gasteiger partial charge in [-0.1, -0.05) is 43.5 Å². The number of carbonyl (C=O) groups is 1. The van der Waals surface area contributed by atoms with Gasteiger partial charge in [-0.25, -0.2) is 0 Å². The van der Waals surface area contributed by atoms with Crippen LogP contribution in [0.1, 0.15) is 57.6 Å². The Morgan fingerprint density at radius 1 is 1.33 bits per heavy atom. The standard InChI is InChI=1S/C17H27ClN2O/c1-3-5-14(10-11-19)8-9-17(21)20-13(2)15-6-4-7-16(18)12-15/h4,6-7,12-14H,3,5,8-11,19H2,1-2H3,(H,20,21). The number of carbonyl (C=O) groups excluding carboxylic acids is 1. The molecule has 0 spiro atoms. The fraction of sp³-hybridized carbons (Fsp3) is 0.588. The third-order valence-electron chi connectivity index (χ3n) is 3.78. The van der Waals surface area contributed by atoms with Crippen molar-refractivity contribution in [2.24, 2.45) is 11.7 Å². The molecule has 1 amide bonds. The van der Waals surface area contributed by atoms with Gasteiger partial charge in [0.2, 0.25) is 5.91 Å². The predicted molar refractivity (Wildman–Crippen MR) is 89.3 cm³/mol. The number of benzene rings is 1. The molecular weight excluding hydrogens is 284 g/mol. The lowest BCUT2D eigenvalue weighted by Gasteiger charge is -2.17. The summed E-state index contributed by atoms with van der Waals surface area (Å²) < 4.78 is 0. The van der Waals surface area contributed by atoms with Crippen LogP contribution in [0.25, 0.3) is 0 Å². The van der Waals surface area contributed by atoms with E-state index >= 15 is 0 Å². The van der Waals surface area contributed by atoms with Crippen molar-refractivity contribution in [3.05, 3.63) is 34.9 Å². The van der Waals surface area contributed by atoms with Gasteiger partial charge in [-0.2, -0.15) is 0 Å². The molecule has 0 aliphatic carbocycles. The van der Waals surface area contributed by atoms with Crippen molar-refractivity contribution in [1.29, 1.82) is 0 Å². The fourth-order valence-electron chi connectivity index (χ4n) is 2.59. The zero-order chi connectivity index (χ0) is 15.7. The number of hydrogen-bond acceptors (Lipinski definition) is 2. The van der Waals surface area contributed by atoms with E-state index in [2.05, 4.69) is 12.2 Å². The smallest absolute Gasteiger partial charge is 0.220 e. The Morgan fingerprint density at radius 2 is 2.10 bits per heavy atom. The lowest BCUT2D eigenvalue weighted by molar-refractivity contribution is -0.122. The van der Waals surface area contributed by atoms with Crippen LogP contribution in [-0.4, -0.2) is 12.5 Å². The molecule has 0 fully saturated rings. The van der Waals surface area contributed by atoms with E-state index in [1.165, 1.54) is 0 Å². The molecule has 0 saturated carbocycles. The second-order valence-corrected chi connectivity index (χ2v) is 6.05. The lowest BCUT2D eigenvalue weighted by atomic mass is 9.94. The maximum Gasteiger partial charge on any atom is 0.220 e. The third-order valence-corrected chi connectivity index (χ3v) is 4.01. The van der Waals surface area contributed by atoms with Crippen molar-refractivity contribution in [2.75, 3.05) is 6.54 Å². The molecule has 118 valence electrons. The summed E-state index contributed by atoms with van der Waals surface area (Å²) in [6.45, 7) is 4.85. The lowest BCUT2D eigenvalue weighted by Crippen LogP contribution is -2.27. The van der Waals surface area contributed by atoms with Crippen molar-refractivity contribution in [1.82, 2.24) is 5.32 Å². The molecule has 21 heavy (non-hydrogen) atoms. The average Bonchev–Trinajstić information content (AvgIpc) is 2.45. The van der Waals surface area contributed by atoms with Gasteiger partial charge in [-0.15, -0.1) is 0 Å². The number of amides is 1. The largest absolute Gasteiger partial charge is 0.350 e. The first kappa shape index (κ1) is 18.0. The molecule has 0 heterocycles. The molecule has 1 aromatic rings. The van der Waals surface area contributed by atoms with E-state index < -0.39 is 0 Å². The Morgan fingerprint density at radius 3 is 2.71 bits per heavy atom. The highest BCUT2D eigenvalue weighted by atomic mass is 35.5. The van der Waals surface area contributed by atoms with Crippen molar-refractivity contribution >= 4 is 17.5 Å². The van der Waals surface area contributed by atoms with E-state index in [-0.39, 0.29) is 11.9 Å². The summed E-state index contributed by atoms with van der Waals surface area (Å²) in [6.07, 6.45) is 4.78.